The second-order valence-electron chi connectivity index (χ2n) is 6.73. The number of nitrogens with zero attached hydrogens (tertiary/aromatic N) is 4. The molecule has 5 heteroatoms. The molecule has 2 fully saturated rings. The fraction of sp³-hybridized carbons (Fsp3) is 0.733. The standard InChI is InChI=1S/C15H23N5/c1-19-6-2-12-8-17-14(18-13(12)9-19)20-7-4-15(11-20)3-5-16-10-15/h8,16H,2-7,9-11H2,1H3. The van der Waals surface area contributed by atoms with Gasteiger partial charge in [-0.05, 0) is 38.4 Å². The monoisotopic (exact) mass is 273 g/mol. The summed E-state index contributed by atoms with van der Waals surface area (Å²) in [5, 5.41) is 3.51. The molecule has 4 rings (SSSR count). The SMILES string of the molecule is CN1CCc2cnc(N3CCC4(CCNC4)C3)nc2C1. The molecule has 1 atom stereocenters. The van der Waals surface area contributed by atoms with Crippen molar-refractivity contribution in [2.75, 3.05) is 44.7 Å². The van der Waals surface area contributed by atoms with Crippen molar-refractivity contribution in [2.45, 2.75) is 25.8 Å². The van der Waals surface area contributed by atoms with Gasteiger partial charge in [0.15, 0.2) is 0 Å². The maximum Gasteiger partial charge on any atom is 0.225 e. The van der Waals surface area contributed by atoms with E-state index < -0.39 is 0 Å². The molecule has 0 aliphatic carbocycles. The van der Waals surface area contributed by atoms with Gasteiger partial charge >= 0.3 is 0 Å². The van der Waals surface area contributed by atoms with Crippen molar-refractivity contribution in [2.24, 2.45) is 5.41 Å². The van der Waals surface area contributed by atoms with Crippen LogP contribution in [0.25, 0.3) is 0 Å². The van der Waals surface area contributed by atoms with Gasteiger partial charge in [0.2, 0.25) is 5.95 Å². The van der Waals surface area contributed by atoms with E-state index in [9.17, 15) is 0 Å². The van der Waals surface area contributed by atoms with Gasteiger partial charge in [-0.3, -0.25) is 0 Å². The van der Waals surface area contributed by atoms with E-state index in [1.807, 2.05) is 0 Å². The molecule has 3 aliphatic rings. The maximum absolute atomic E-state index is 4.85. The first-order valence-corrected chi connectivity index (χ1v) is 7.73. The smallest absolute Gasteiger partial charge is 0.225 e. The van der Waals surface area contributed by atoms with E-state index in [2.05, 4.69) is 33.3 Å². The predicted molar refractivity (Wildman–Crippen MR) is 78.8 cm³/mol. The quantitative estimate of drug-likeness (QED) is 0.814. The number of aromatic nitrogens is 2. The zero-order chi connectivity index (χ0) is 13.6. The van der Waals surface area contributed by atoms with Crippen LogP contribution in [0.1, 0.15) is 24.1 Å². The zero-order valence-corrected chi connectivity index (χ0v) is 12.2. The average molecular weight is 273 g/mol. The van der Waals surface area contributed by atoms with Gasteiger partial charge in [0.1, 0.15) is 0 Å². The summed E-state index contributed by atoms with van der Waals surface area (Å²) in [6.45, 7) is 6.64. The molecule has 0 saturated carbocycles. The van der Waals surface area contributed by atoms with Crippen molar-refractivity contribution >= 4 is 5.95 Å². The van der Waals surface area contributed by atoms with Crippen LogP contribution >= 0.6 is 0 Å². The van der Waals surface area contributed by atoms with E-state index in [4.69, 9.17) is 4.98 Å². The Morgan fingerprint density at radius 2 is 2.25 bits per heavy atom. The van der Waals surface area contributed by atoms with E-state index in [1.54, 1.807) is 0 Å². The first-order chi connectivity index (χ1) is 9.74. The van der Waals surface area contributed by atoms with E-state index >= 15 is 0 Å². The van der Waals surface area contributed by atoms with Crippen LogP contribution in [-0.4, -0.2) is 54.6 Å². The minimum atomic E-state index is 0.482. The predicted octanol–water partition coefficient (Wildman–Crippen LogP) is 0.654. The number of nitrogens with one attached hydrogen (secondary N) is 1. The third-order valence-corrected chi connectivity index (χ3v) is 5.18. The van der Waals surface area contributed by atoms with Gasteiger partial charge in [0, 0.05) is 44.3 Å². The van der Waals surface area contributed by atoms with Crippen molar-refractivity contribution in [3.05, 3.63) is 17.5 Å². The van der Waals surface area contributed by atoms with Crippen LogP contribution in [0.5, 0.6) is 0 Å². The van der Waals surface area contributed by atoms with Crippen molar-refractivity contribution in [3.8, 4) is 0 Å². The first-order valence-electron chi connectivity index (χ1n) is 7.73. The van der Waals surface area contributed by atoms with Crippen LogP contribution in [0.15, 0.2) is 6.20 Å². The molecule has 0 bridgehead atoms. The third-order valence-electron chi connectivity index (χ3n) is 5.18. The van der Waals surface area contributed by atoms with Gasteiger partial charge in [-0.15, -0.1) is 0 Å². The Labute approximate surface area is 120 Å². The van der Waals surface area contributed by atoms with Crippen LogP contribution < -0.4 is 10.2 Å². The Bertz CT molecular complexity index is 509. The van der Waals surface area contributed by atoms with Gasteiger partial charge in [0.25, 0.3) is 0 Å². The molecular formula is C15H23N5. The summed E-state index contributed by atoms with van der Waals surface area (Å²) in [4.78, 5) is 14.2. The van der Waals surface area contributed by atoms with Gasteiger partial charge in [-0.25, -0.2) is 9.97 Å². The summed E-state index contributed by atoms with van der Waals surface area (Å²) in [6.07, 6.45) is 5.72. The normalized spacial score (nSPS) is 30.1. The van der Waals surface area contributed by atoms with Gasteiger partial charge in [-0.1, -0.05) is 0 Å². The number of hydrogen-bond acceptors (Lipinski definition) is 5. The van der Waals surface area contributed by atoms with E-state index in [-0.39, 0.29) is 0 Å². The molecule has 3 aliphatic heterocycles. The first kappa shape index (κ1) is 12.5. The van der Waals surface area contributed by atoms with Gasteiger partial charge in [-0.2, -0.15) is 0 Å². The molecular weight excluding hydrogens is 250 g/mol. The lowest BCUT2D eigenvalue weighted by Crippen LogP contribution is -2.31. The van der Waals surface area contributed by atoms with Crippen LogP contribution in [0.3, 0.4) is 0 Å². The molecule has 1 unspecified atom stereocenters. The lowest BCUT2D eigenvalue weighted by Gasteiger charge is -2.26. The molecule has 2 saturated heterocycles. The van der Waals surface area contributed by atoms with Gasteiger partial charge in [0.05, 0.1) is 5.69 Å². The summed E-state index contributed by atoms with van der Waals surface area (Å²) in [7, 11) is 2.17. The summed E-state index contributed by atoms with van der Waals surface area (Å²) in [6, 6.07) is 0. The minimum absolute atomic E-state index is 0.482. The minimum Gasteiger partial charge on any atom is -0.340 e. The molecule has 1 aromatic heterocycles. The van der Waals surface area contributed by atoms with Crippen LogP contribution in [0.4, 0.5) is 5.95 Å². The number of hydrogen-bond donors (Lipinski definition) is 1. The highest BCUT2D eigenvalue weighted by Gasteiger charge is 2.41. The number of anilines is 1. The van der Waals surface area contributed by atoms with Crippen LogP contribution in [-0.2, 0) is 13.0 Å². The Balaban J connectivity index is 1.56. The zero-order valence-electron chi connectivity index (χ0n) is 12.2. The van der Waals surface area contributed by atoms with Crippen molar-refractivity contribution in [3.63, 3.8) is 0 Å². The molecule has 1 aromatic rings. The third kappa shape index (κ3) is 2.09. The van der Waals surface area contributed by atoms with Crippen molar-refractivity contribution in [1.82, 2.24) is 20.2 Å². The lowest BCUT2D eigenvalue weighted by molar-refractivity contribution is 0.307. The van der Waals surface area contributed by atoms with Crippen LogP contribution in [0, 0.1) is 5.41 Å². The highest BCUT2D eigenvalue weighted by atomic mass is 15.3. The molecule has 1 N–H and O–H groups in total. The van der Waals surface area contributed by atoms with E-state index in [1.165, 1.54) is 30.6 Å². The number of fused-ring (bicyclic) bond motifs is 1. The topological polar surface area (TPSA) is 44.3 Å². The van der Waals surface area contributed by atoms with E-state index in [0.717, 1.165) is 45.1 Å². The highest BCUT2D eigenvalue weighted by molar-refractivity contribution is 5.36. The molecule has 1 spiro atoms. The molecule has 20 heavy (non-hydrogen) atoms. The average Bonchev–Trinajstić information content (AvgIpc) is 3.09. The molecule has 0 aromatic carbocycles. The summed E-state index contributed by atoms with van der Waals surface area (Å²) in [5.74, 6) is 0.947. The second kappa shape index (κ2) is 4.67. The Morgan fingerprint density at radius 3 is 3.10 bits per heavy atom. The summed E-state index contributed by atoms with van der Waals surface area (Å²) in [5.41, 5.74) is 3.05. The Kier molecular flexibility index (Phi) is 2.93. The molecule has 0 radical (unpaired) electrons. The molecule has 108 valence electrons. The van der Waals surface area contributed by atoms with Crippen LogP contribution in [0.2, 0.25) is 0 Å². The Morgan fingerprint density at radius 1 is 1.30 bits per heavy atom. The highest BCUT2D eigenvalue weighted by Crippen LogP contribution is 2.37. The molecule has 0 amide bonds. The number of likely N-dealkylation sites (N-methyl/N-ethyl adjacent to an activating group) is 1. The fourth-order valence-corrected chi connectivity index (χ4v) is 3.83. The molecule has 4 heterocycles. The van der Waals surface area contributed by atoms with Gasteiger partial charge < -0.3 is 15.1 Å². The number of rotatable bonds is 1. The van der Waals surface area contributed by atoms with Crippen molar-refractivity contribution in [1.29, 1.82) is 0 Å². The van der Waals surface area contributed by atoms with Crippen molar-refractivity contribution < 1.29 is 0 Å². The summed E-state index contributed by atoms with van der Waals surface area (Å²) < 4.78 is 0. The second-order valence-corrected chi connectivity index (χ2v) is 6.73. The molecule has 5 nitrogen and oxygen atoms in total. The Hall–Kier alpha value is -1.20. The largest absolute Gasteiger partial charge is 0.340 e. The summed E-state index contributed by atoms with van der Waals surface area (Å²) >= 11 is 0. The fourth-order valence-electron chi connectivity index (χ4n) is 3.83. The van der Waals surface area contributed by atoms with E-state index in [0.29, 0.717) is 5.41 Å². The maximum atomic E-state index is 4.85. The lowest BCUT2D eigenvalue weighted by atomic mass is 9.87.